The second kappa shape index (κ2) is 4.61. The van der Waals surface area contributed by atoms with Crippen molar-refractivity contribution in [1.82, 2.24) is 6.15 Å². The normalized spacial score (nSPS) is 7.12. The van der Waals surface area contributed by atoms with E-state index < -0.39 is 11.8 Å². The van der Waals surface area contributed by atoms with Crippen molar-refractivity contribution in [2.75, 3.05) is 5.75 Å². The summed E-state index contributed by atoms with van der Waals surface area (Å²) in [7, 11) is 0. The smallest absolute Gasteiger partial charge is 0.187 e. The van der Waals surface area contributed by atoms with Gasteiger partial charge in [-0.25, -0.2) is 0 Å². The highest BCUT2D eigenvalue weighted by Crippen LogP contribution is 1.72. The van der Waals surface area contributed by atoms with Crippen LogP contribution in [0.5, 0.6) is 0 Å². The highest BCUT2D eigenvalue weighted by atomic mass is 32.1. The van der Waals surface area contributed by atoms with Gasteiger partial charge in [0.2, 0.25) is 0 Å². The van der Waals surface area contributed by atoms with E-state index >= 15 is 0 Å². The van der Waals surface area contributed by atoms with Crippen molar-refractivity contribution in [3.8, 4) is 0 Å². The molecule has 0 spiro atoms. The van der Waals surface area contributed by atoms with E-state index in [4.69, 9.17) is 0 Å². The van der Waals surface area contributed by atoms with Gasteiger partial charge in [0, 0.05) is 0 Å². The summed E-state index contributed by atoms with van der Waals surface area (Å²) in [5.41, 5.74) is 0. The zero-order valence-electron chi connectivity index (χ0n) is 4.38. The summed E-state index contributed by atoms with van der Waals surface area (Å²) in [6.45, 7) is 0. The first kappa shape index (κ1) is 10.4. The Morgan fingerprint density at radius 3 is 1.88 bits per heavy atom. The van der Waals surface area contributed by atoms with Gasteiger partial charge in [0.15, 0.2) is 5.78 Å². The number of thiol groups is 1. The fourth-order valence-electron chi connectivity index (χ4n) is 0.0645. The number of Topliss-reactive ketones (excluding diaryl/α,β-unsaturated/α-hetero) is 1. The van der Waals surface area contributed by atoms with Gasteiger partial charge in [-0.3, -0.25) is 4.79 Å². The Labute approximate surface area is 51.9 Å². The molecule has 4 N–H and O–H groups in total. The van der Waals surface area contributed by atoms with E-state index in [-0.39, 0.29) is 11.9 Å². The number of quaternary nitrogens is 1. The van der Waals surface area contributed by atoms with Gasteiger partial charge in [-0.15, -0.1) is 0 Å². The minimum Gasteiger partial charge on any atom is -0.542 e. The Balaban J connectivity index is 0. The fraction of sp³-hybridized carbons (Fsp3) is 0.333. The van der Waals surface area contributed by atoms with E-state index in [0.29, 0.717) is 0 Å². The summed E-state index contributed by atoms with van der Waals surface area (Å²) < 4.78 is 0. The topological polar surface area (TPSA) is 93.7 Å². The highest BCUT2D eigenvalue weighted by molar-refractivity contribution is 7.81. The van der Waals surface area contributed by atoms with Gasteiger partial charge in [-0.2, -0.15) is 12.6 Å². The molecule has 0 aliphatic heterocycles. The lowest BCUT2D eigenvalue weighted by Gasteiger charge is -1.91. The van der Waals surface area contributed by atoms with E-state index in [1.54, 1.807) is 0 Å². The molecule has 4 nitrogen and oxygen atoms in total. The molecule has 0 atom stereocenters. The number of hydrogen-bond donors (Lipinski definition) is 2. The number of aliphatic carboxylic acids is 1. The third kappa shape index (κ3) is 3.63. The maximum absolute atomic E-state index is 9.77. The second-order valence-corrected chi connectivity index (χ2v) is 1.18. The zero-order valence-corrected chi connectivity index (χ0v) is 5.27. The lowest BCUT2D eigenvalue weighted by atomic mass is 10.5. The zero-order chi connectivity index (χ0) is 5.86. The lowest BCUT2D eigenvalue weighted by Crippen LogP contribution is -2.32. The van der Waals surface area contributed by atoms with Gasteiger partial charge in [0.1, 0.15) is 5.97 Å². The molecule has 0 radical (unpaired) electrons. The van der Waals surface area contributed by atoms with Gasteiger partial charge in [-0.05, 0) is 0 Å². The number of carboxylic acids is 1. The maximum atomic E-state index is 9.77. The van der Waals surface area contributed by atoms with Gasteiger partial charge < -0.3 is 16.1 Å². The molecule has 0 unspecified atom stereocenters. The largest absolute Gasteiger partial charge is 0.542 e. The molecular formula is C3H7NO3S. The summed E-state index contributed by atoms with van der Waals surface area (Å²) in [6, 6.07) is 0. The quantitative estimate of drug-likeness (QED) is 0.362. The molecule has 0 heterocycles. The Hall–Kier alpha value is -0.550. The third-order valence-electron chi connectivity index (χ3n) is 0.371. The van der Waals surface area contributed by atoms with E-state index in [2.05, 4.69) is 12.6 Å². The van der Waals surface area contributed by atoms with Crippen LogP contribution < -0.4 is 11.3 Å². The first-order valence-electron chi connectivity index (χ1n) is 1.53. The first-order chi connectivity index (χ1) is 3.18. The summed E-state index contributed by atoms with van der Waals surface area (Å²) >= 11 is 3.38. The number of carbonyl (C=O) groups excluding carboxylic acids is 2. The molecule has 5 heteroatoms. The van der Waals surface area contributed by atoms with Crippen LogP contribution in [0.25, 0.3) is 0 Å². The Morgan fingerprint density at radius 1 is 1.50 bits per heavy atom. The minimum atomic E-state index is -1.67. The van der Waals surface area contributed by atoms with Crippen molar-refractivity contribution in [2.24, 2.45) is 0 Å². The number of carboxylic acid groups (broad SMARTS) is 1. The van der Waals surface area contributed by atoms with E-state index in [1.165, 1.54) is 0 Å². The van der Waals surface area contributed by atoms with Crippen molar-refractivity contribution in [1.29, 1.82) is 0 Å². The first-order valence-corrected chi connectivity index (χ1v) is 2.16. The average molecular weight is 137 g/mol. The molecule has 0 amide bonds. The minimum absolute atomic E-state index is 0. The number of carbonyl (C=O) groups is 2. The lowest BCUT2D eigenvalue weighted by molar-refractivity contribution is -0.299. The molecule has 0 rings (SSSR count). The molecule has 0 saturated heterocycles. The maximum Gasteiger partial charge on any atom is 0.187 e. The molecule has 0 saturated carbocycles. The predicted molar refractivity (Wildman–Crippen MR) is 29.9 cm³/mol. The molecule has 0 bridgehead atoms. The van der Waals surface area contributed by atoms with Crippen LogP contribution >= 0.6 is 12.6 Å². The summed E-state index contributed by atoms with van der Waals surface area (Å²) in [5.74, 6) is -2.94. The molecule has 0 aliphatic rings. The Morgan fingerprint density at radius 2 is 1.88 bits per heavy atom. The van der Waals surface area contributed by atoms with Crippen molar-refractivity contribution >= 4 is 24.4 Å². The van der Waals surface area contributed by atoms with Crippen LogP contribution in [0.3, 0.4) is 0 Å². The fourth-order valence-corrected chi connectivity index (χ4v) is 0.194. The van der Waals surface area contributed by atoms with Gasteiger partial charge in [-0.1, -0.05) is 0 Å². The highest BCUT2D eigenvalue weighted by Gasteiger charge is 1.94. The van der Waals surface area contributed by atoms with Crippen molar-refractivity contribution in [3.63, 3.8) is 0 Å². The third-order valence-corrected chi connectivity index (χ3v) is 0.658. The average Bonchev–Trinajstić information content (AvgIpc) is 1.65. The van der Waals surface area contributed by atoms with Crippen LogP contribution in [0.4, 0.5) is 0 Å². The number of rotatable bonds is 2. The molecule has 0 aliphatic carbocycles. The van der Waals surface area contributed by atoms with Crippen LogP contribution in [0, 0.1) is 0 Å². The van der Waals surface area contributed by atoms with Gasteiger partial charge >= 0.3 is 0 Å². The molecule has 48 valence electrons. The van der Waals surface area contributed by atoms with E-state index in [9.17, 15) is 14.7 Å². The SMILES string of the molecule is O=C([O-])C(=O)CS.[NH4+]. The monoisotopic (exact) mass is 137 g/mol. The van der Waals surface area contributed by atoms with Crippen LogP contribution in [0.15, 0.2) is 0 Å². The summed E-state index contributed by atoms with van der Waals surface area (Å²) in [4.78, 5) is 19.2. The van der Waals surface area contributed by atoms with Crippen LogP contribution in [0.2, 0.25) is 0 Å². The molecule has 0 aromatic heterocycles. The molecule has 0 fully saturated rings. The Kier molecular flexibility index (Phi) is 6.01. The van der Waals surface area contributed by atoms with Crippen LogP contribution in [-0.2, 0) is 9.59 Å². The van der Waals surface area contributed by atoms with Crippen molar-refractivity contribution in [2.45, 2.75) is 0 Å². The number of hydrogen-bond acceptors (Lipinski definition) is 4. The van der Waals surface area contributed by atoms with Crippen molar-refractivity contribution < 1.29 is 14.7 Å². The molecular weight excluding hydrogens is 130 g/mol. The molecule has 0 aromatic rings. The summed E-state index contributed by atoms with van der Waals surface area (Å²) in [6.07, 6.45) is 0. The van der Waals surface area contributed by atoms with Crippen LogP contribution in [0.1, 0.15) is 0 Å². The van der Waals surface area contributed by atoms with Gasteiger partial charge in [0.05, 0.1) is 5.75 Å². The molecule has 8 heavy (non-hydrogen) atoms. The van der Waals surface area contributed by atoms with Gasteiger partial charge in [0.25, 0.3) is 0 Å². The molecule has 0 aromatic carbocycles. The Bertz CT molecular complexity index is 103. The predicted octanol–water partition coefficient (Wildman–Crippen LogP) is -1.39. The van der Waals surface area contributed by atoms with Crippen LogP contribution in [-0.4, -0.2) is 17.5 Å². The standard InChI is InChI=1S/C3H4O3S.H3N/c4-2(1-7)3(5)6;/h7H,1H2,(H,5,6);1H3. The van der Waals surface area contributed by atoms with E-state index in [1.807, 2.05) is 0 Å². The van der Waals surface area contributed by atoms with Crippen molar-refractivity contribution in [3.05, 3.63) is 0 Å². The summed E-state index contributed by atoms with van der Waals surface area (Å²) in [5, 5.41) is 9.42. The number of ketones is 1. The second-order valence-electron chi connectivity index (χ2n) is 0.869. The van der Waals surface area contributed by atoms with E-state index in [0.717, 1.165) is 0 Å².